The molecule has 0 radical (unpaired) electrons. The maximum atomic E-state index is 12.5. The smallest absolute Gasteiger partial charge is 0.303 e. The minimum Gasteiger partial charge on any atom is -0.452 e. The average molecular weight is 329 g/mol. The van der Waals surface area contributed by atoms with Crippen LogP contribution in [0.5, 0.6) is 0 Å². The van der Waals surface area contributed by atoms with Crippen molar-refractivity contribution in [3.8, 4) is 0 Å². The Morgan fingerprint density at radius 1 is 1.21 bits per heavy atom. The lowest BCUT2D eigenvalue weighted by molar-refractivity contribution is -0.151. The predicted molar refractivity (Wildman–Crippen MR) is 88.2 cm³/mol. The number of benzene rings is 1. The van der Waals surface area contributed by atoms with Gasteiger partial charge in [-0.25, -0.2) is 0 Å². The highest BCUT2D eigenvalue weighted by atomic mass is 16.5. The zero-order valence-electron chi connectivity index (χ0n) is 13.9. The van der Waals surface area contributed by atoms with Gasteiger partial charge in [0.05, 0.1) is 0 Å². The summed E-state index contributed by atoms with van der Waals surface area (Å²) >= 11 is 0. The van der Waals surface area contributed by atoms with E-state index in [0.717, 1.165) is 24.8 Å². The lowest BCUT2D eigenvalue weighted by Gasteiger charge is -2.33. The first-order chi connectivity index (χ1) is 11.6. The molecule has 1 saturated heterocycles. The molecule has 0 spiro atoms. The Kier molecular flexibility index (Phi) is 4.97. The lowest BCUT2D eigenvalue weighted by atomic mass is 9.72. The van der Waals surface area contributed by atoms with Crippen LogP contribution in [0.1, 0.15) is 50.5 Å². The van der Waals surface area contributed by atoms with Crippen LogP contribution in [0.4, 0.5) is 0 Å². The molecule has 5 heteroatoms. The molecule has 1 N–H and O–H groups in total. The zero-order chi connectivity index (χ0) is 17.1. The summed E-state index contributed by atoms with van der Waals surface area (Å²) in [6.45, 7) is 1.31. The number of Topliss-reactive ketones (excluding diaryl/α,β-unsaturated/α-hetero) is 1. The molecule has 1 aromatic carbocycles. The lowest BCUT2D eigenvalue weighted by Crippen LogP contribution is -2.39. The third-order valence-corrected chi connectivity index (χ3v) is 5.05. The summed E-state index contributed by atoms with van der Waals surface area (Å²) in [6, 6.07) is 9.69. The van der Waals surface area contributed by atoms with Crippen molar-refractivity contribution in [2.24, 2.45) is 5.92 Å². The molecule has 2 fully saturated rings. The van der Waals surface area contributed by atoms with Gasteiger partial charge in [0, 0.05) is 37.6 Å². The highest BCUT2D eigenvalue weighted by Gasteiger charge is 2.43. The number of carbonyl (C=O) groups is 3. The Hall–Kier alpha value is -2.17. The Morgan fingerprint density at radius 3 is 2.62 bits per heavy atom. The Balaban J connectivity index is 1.87. The van der Waals surface area contributed by atoms with Crippen molar-refractivity contribution in [3.05, 3.63) is 35.9 Å². The van der Waals surface area contributed by atoms with Crippen molar-refractivity contribution < 1.29 is 19.1 Å². The van der Waals surface area contributed by atoms with Gasteiger partial charge in [-0.2, -0.15) is 0 Å². The van der Waals surface area contributed by atoms with Gasteiger partial charge in [-0.3, -0.25) is 14.4 Å². The van der Waals surface area contributed by atoms with Crippen molar-refractivity contribution in [2.75, 3.05) is 0 Å². The molecule has 128 valence electrons. The first kappa shape index (κ1) is 16.7. The fraction of sp³-hybridized carbons (Fsp3) is 0.526. The first-order valence-electron chi connectivity index (χ1n) is 8.61. The van der Waals surface area contributed by atoms with E-state index in [1.165, 1.54) is 6.92 Å². The molecule has 1 saturated carbocycles. The molecular formula is C19H23NO4. The third-order valence-electron chi connectivity index (χ3n) is 5.05. The van der Waals surface area contributed by atoms with E-state index < -0.39 is 12.1 Å². The van der Waals surface area contributed by atoms with Gasteiger partial charge in [0.2, 0.25) is 0 Å². The second-order valence-electron chi connectivity index (χ2n) is 6.70. The number of hydrogen-bond donors (Lipinski definition) is 1. The summed E-state index contributed by atoms with van der Waals surface area (Å²) in [6.07, 6.45) is 3.11. The molecule has 24 heavy (non-hydrogen) atoms. The van der Waals surface area contributed by atoms with Crippen LogP contribution in [-0.2, 0) is 19.1 Å². The molecule has 5 nitrogen and oxygen atoms in total. The number of hydrogen-bond acceptors (Lipinski definition) is 4. The van der Waals surface area contributed by atoms with Crippen LogP contribution in [-0.4, -0.2) is 29.8 Å². The Labute approximate surface area is 141 Å². The van der Waals surface area contributed by atoms with Gasteiger partial charge in [-0.15, -0.1) is 0 Å². The van der Waals surface area contributed by atoms with E-state index in [0.29, 0.717) is 12.8 Å². The Bertz CT molecular complexity index is 628. The standard InChI is InChI=1S/C19H23NO4/c1-12(21)24-17-11-15(20-19(17)23)18(13-7-3-2-4-8-13)14-9-5-6-10-16(14)22/h2-4,7-8,14-15,17-18H,5-6,9-11H2,1H3,(H,20,23). The quantitative estimate of drug-likeness (QED) is 0.861. The molecule has 1 aromatic rings. The van der Waals surface area contributed by atoms with Crippen LogP contribution < -0.4 is 5.32 Å². The highest BCUT2D eigenvalue weighted by Crippen LogP contribution is 2.39. The van der Waals surface area contributed by atoms with Crippen molar-refractivity contribution >= 4 is 17.7 Å². The topological polar surface area (TPSA) is 72.5 Å². The van der Waals surface area contributed by atoms with Gasteiger partial charge in [-0.05, 0) is 18.4 Å². The molecule has 1 heterocycles. The monoisotopic (exact) mass is 329 g/mol. The van der Waals surface area contributed by atoms with E-state index >= 15 is 0 Å². The molecule has 1 aliphatic carbocycles. The van der Waals surface area contributed by atoms with Gasteiger partial charge in [0.15, 0.2) is 6.10 Å². The second kappa shape index (κ2) is 7.16. The number of carbonyl (C=O) groups excluding carboxylic acids is 3. The second-order valence-corrected chi connectivity index (χ2v) is 6.70. The number of rotatable bonds is 4. The largest absolute Gasteiger partial charge is 0.452 e. The van der Waals surface area contributed by atoms with Crippen LogP contribution in [0.2, 0.25) is 0 Å². The van der Waals surface area contributed by atoms with Gasteiger partial charge in [0.25, 0.3) is 5.91 Å². The van der Waals surface area contributed by atoms with Gasteiger partial charge in [-0.1, -0.05) is 36.8 Å². The predicted octanol–water partition coefficient (Wildman–Crippen LogP) is 2.35. The number of nitrogens with one attached hydrogen (secondary N) is 1. The fourth-order valence-corrected chi connectivity index (χ4v) is 4.02. The van der Waals surface area contributed by atoms with Crippen LogP contribution in [0, 0.1) is 5.92 Å². The summed E-state index contributed by atoms with van der Waals surface area (Å²) in [5.74, 6) is -0.591. The van der Waals surface area contributed by atoms with Crippen molar-refractivity contribution in [3.63, 3.8) is 0 Å². The maximum Gasteiger partial charge on any atom is 0.303 e. The molecular weight excluding hydrogens is 306 g/mol. The molecule has 1 aliphatic heterocycles. The average Bonchev–Trinajstić information content (AvgIpc) is 2.90. The first-order valence-corrected chi connectivity index (χ1v) is 8.61. The van der Waals surface area contributed by atoms with Crippen LogP contribution in [0.25, 0.3) is 0 Å². The molecule has 3 rings (SSSR count). The van der Waals surface area contributed by atoms with Gasteiger partial charge in [0.1, 0.15) is 5.78 Å². The zero-order valence-corrected chi connectivity index (χ0v) is 13.9. The summed E-state index contributed by atoms with van der Waals surface area (Å²) < 4.78 is 5.12. The normalized spacial score (nSPS) is 28.3. The van der Waals surface area contributed by atoms with Crippen molar-refractivity contribution in [1.29, 1.82) is 0 Å². The van der Waals surface area contributed by atoms with Crippen LogP contribution in [0.3, 0.4) is 0 Å². The van der Waals surface area contributed by atoms with Gasteiger partial charge < -0.3 is 10.1 Å². The summed E-state index contributed by atoms with van der Waals surface area (Å²) in [7, 11) is 0. The van der Waals surface area contributed by atoms with E-state index in [9.17, 15) is 14.4 Å². The number of ketones is 1. The summed E-state index contributed by atoms with van der Waals surface area (Å²) in [5.41, 5.74) is 1.06. The fourth-order valence-electron chi connectivity index (χ4n) is 4.02. The SMILES string of the molecule is CC(=O)OC1CC(C(c2ccccc2)C2CCCCC2=O)NC1=O. The number of ether oxygens (including phenoxy) is 1. The molecule has 0 aromatic heterocycles. The molecule has 2 aliphatic rings. The van der Waals surface area contributed by atoms with Crippen molar-refractivity contribution in [1.82, 2.24) is 5.32 Å². The summed E-state index contributed by atoms with van der Waals surface area (Å²) in [4.78, 5) is 35.8. The number of esters is 1. The molecule has 1 amide bonds. The van der Waals surface area contributed by atoms with E-state index in [1.54, 1.807) is 0 Å². The molecule has 0 bridgehead atoms. The van der Waals surface area contributed by atoms with E-state index in [1.807, 2.05) is 30.3 Å². The highest BCUT2D eigenvalue weighted by molar-refractivity contribution is 5.87. The van der Waals surface area contributed by atoms with E-state index in [-0.39, 0.29) is 29.6 Å². The molecule has 4 unspecified atom stereocenters. The van der Waals surface area contributed by atoms with Crippen LogP contribution in [0.15, 0.2) is 30.3 Å². The van der Waals surface area contributed by atoms with E-state index in [2.05, 4.69) is 5.32 Å². The Morgan fingerprint density at radius 2 is 1.96 bits per heavy atom. The van der Waals surface area contributed by atoms with E-state index in [4.69, 9.17) is 4.74 Å². The molecule has 4 atom stereocenters. The minimum absolute atomic E-state index is 0.0662. The summed E-state index contributed by atoms with van der Waals surface area (Å²) in [5, 5.41) is 2.96. The van der Waals surface area contributed by atoms with Gasteiger partial charge >= 0.3 is 5.97 Å². The minimum atomic E-state index is -0.752. The van der Waals surface area contributed by atoms with Crippen LogP contribution >= 0.6 is 0 Å². The number of amides is 1. The third kappa shape index (κ3) is 3.50. The van der Waals surface area contributed by atoms with Crippen molar-refractivity contribution in [2.45, 2.75) is 57.1 Å². The maximum absolute atomic E-state index is 12.5.